The number of nitrogens with zero attached hydrogens (tertiary/aromatic N) is 1. The molecule has 0 aliphatic rings. The number of carbonyl (C=O) groups is 1. The van der Waals surface area contributed by atoms with Gasteiger partial charge >= 0.3 is 0 Å². The van der Waals surface area contributed by atoms with Crippen molar-refractivity contribution >= 4 is 45.2 Å². The van der Waals surface area contributed by atoms with E-state index in [1.165, 1.54) is 12.1 Å². The van der Waals surface area contributed by atoms with Crippen molar-refractivity contribution in [2.75, 3.05) is 5.32 Å². The van der Waals surface area contributed by atoms with Crippen LogP contribution in [-0.2, 0) is 18.1 Å². The Hall–Kier alpha value is -2.15. The Morgan fingerprint density at radius 2 is 1.88 bits per heavy atom. The summed E-state index contributed by atoms with van der Waals surface area (Å²) in [6.07, 6.45) is 0. The number of rotatable bonds is 3. The first-order valence-corrected chi connectivity index (χ1v) is 8.63. The first kappa shape index (κ1) is 16.7. The highest BCUT2D eigenvalue weighted by Crippen LogP contribution is 2.29. The van der Waals surface area contributed by atoms with Crippen molar-refractivity contribution in [3.8, 4) is 0 Å². The van der Waals surface area contributed by atoms with Crippen molar-refractivity contribution in [3.05, 3.63) is 58.7 Å². The molecule has 7 heteroatoms. The van der Waals surface area contributed by atoms with E-state index in [0.717, 1.165) is 16.5 Å². The number of nitrogens with one attached hydrogen (secondary N) is 1. The Balaban J connectivity index is 1.92. The van der Waals surface area contributed by atoms with E-state index in [1.54, 1.807) is 29.8 Å². The maximum absolute atomic E-state index is 12.5. The lowest BCUT2D eigenvalue weighted by Gasteiger charge is -2.07. The Morgan fingerprint density at radius 3 is 2.50 bits per heavy atom. The molecule has 0 aliphatic carbocycles. The van der Waals surface area contributed by atoms with E-state index >= 15 is 0 Å². The average molecular weight is 363 g/mol. The first-order valence-electron chi connectivity index (χ1n) is 7.15. The predicted octanol–water partition coefficient (Wildman–Crippen LogP) is 3.97. The SMILES string of the molecule is Cc1ccc2c(cc(C(=O)Nc3ccc(S(=O)O)cc3)n2C)c1Cl. The quantitative estimate of drug-likeness (QED) is 0.692. The van der Waals surface area contributed by atoms with Crippen LogP contribution in [0.3, 0.4) is 0 Å². The minimum absolute atomic E-state index is 0.278. The molecule has 0 bridgehead atoms. The molecule has 3 rings (SSSR count). The molecule has 1 atom stereocenters. The van der Waals surface area contributed by atoms with Crippen LogP contribution in [-0.4, -0.2) is 19.2 Å². The van der Waals surface area contributed by atoms with Gasteiger partial charge in [0.1, 0.15) is 5.69 Å². The fraction of sp³-hybridized carbons (Fsp3) is 0.118. The van der Waals surface area contributed by atoms with Gasteiger partial charge in [-0.15, -0.1) is 0 Å². The second-order valence-corrected chi connectivity index (χ2v) is 6.79. The summed E-state index contributed by atoms with van der Waals surface area (Å²) in [6.45, 7) is 1.92. The van der Waals surface area contributed by atoms with Crippen LogP contribution in [0.2, 0.25) is 5.02 Å². The van der Waals surface area contributed by atoms with Gasteiger partial charge in [0, 0.05) is 23.6 Å². The summed E-state index contributed by atoms with van der Waals surface area (Å²) in [4.78, 5) is 12.8. The number of anilines is 1. The lowest BCUT2D eigenvalue weighted by Crippen LogP contribution is -2.15. The molecule has 1 amide bonds. The van der Waals surface area contributed by atoms with Gasteiger partial charge in [0.25, 0.3) is 5.91 Å². The molecule has 24 heavy (non-hydrogen) atoms. The van der Waals surface area contributed by atoms with Crippen molar-refractivity contribution in [2.45, 2.75) is 11.8 Å². The monoisotopic (exact) mass is 362 g/mol. The van der Waals surface area contributed by atoms with Crippen LogP contribution in [0.1, 0.15) is 16.1 Å². The smallest absolute Gasteiger partial charge is 0.272 e. The zero-order valence-corrected chi connectivity index (χ0v) is 14.6. The van der Waals surface area contributed by atoms with E-state index in [4.69, 9.17) is 16.2 Å². The third-order valence-corrected chi connectivity index (χ3v) is 5.08. The standard InChI is InChI=1S/C17H15ClN2O3S/c1-10-3-8-14-13(16(10)18)9-15(20(14)2)17(21)19-11-4-6-12(7-5-11)24(22)23/h3-9H,1-2H3,(H,19,21)(H,22,23). The summed E-state index contributed by atoms with van der Waals surface area (Å²) < 4.78 is 21.8. The van der Waals surface area contributed by atoms with Crippen LogP contribution in [0.15, 0.2) is 47.4 Å². The van der Waals surface area contributed by atoms with Crippen molar-refractivity contribution in [2.24, 2.45) is 7.05 Å². The van der Waals surface area contributed by atoms with Crippen LogP contribution in [0.5, 0.6) is 0 Å². The van der Waals surface area contributed by atoms with Gasteiger partial charge in [-0.05, 0) is 48.9 Å². The molecule has 1 unspecified atom stereocenters. The Kier molecular flexibility index (Phi) is 4.45. The minimum Gasteiger partial charge on any atom is -0.340 e. The maximum Gasteiger partial charge on any atom is 0.272 e. The van der Waals surface area contributed by atoms with Crippen LogP contribution in [0.4, 0.5) is 5.69 Å². The average Bonchev–Trinajstić information content (AvgIpc) is 2.89. The van der Waals surface area contributed by atoms with E-state index in [2.05, 4.69) is 5.32 Å². The van der Waals surface area contributed by atoms with Gasteiger partial charge in [-0.1, -0.05) is 17.7 Å². The third kappa shape index (κ3) is 2.96. The number of halogens is 1. The number of aromatic nitrogens is 1. The summed E-state index contributed by atoms with van der Waals surface area (Å²) in [6, 6.07) is 11.8. The second-order valence-electron chi connectivity index (χ2n) is 5.45. The fourth-order valence-corrected chi connectivity index (χ4v) is 3.14. The van der Waals surface area contributed by atoms with E-state index in [0.29, 0.717) is 16.4 Å². The van der Waals surface area contributed by atoms with E-state index in [9.17, 15) is 9.00 Å². The highest BCUT2D eigenvalue weighted by molar-refractivity contribution is 7.79. The van der Waals surface area contributed by atoms with Gasteiger partial charge < -0.3 is 14.4 Å². The number of hydrogen-bond acceptors (Lipinski definition) is 2. The molecule has 0 radical (unpaired) electrons. The van der Waals surface area contributed by atoms with Gasteiger partial charge in [0.2, 0.25) is 0 Å². The van der Waals surface area contributed by atoms with Gasteiger partial charge in [0.15, 0.2) is 11.1 Å². The molecule has 3 aromatic rings. The van der Waals surface area contributed by atoms with Gasteiger partial charge in [-0.2, -0.15) is 0 Å². The molecule has 5 nitrogen and oxygen atoms in total. The Labute approximate surface area is 146 Å². The highest BCUT2D eigenvalue weighted by Gasteiger charge is 2.16. The van der Waals surface area contributed by atoms with Crippen molar-refractivity contribution < 1.29 is 13.6 Å². The summed E-state index contributed by atoms with van der Waals surface area (Å²) in [5.41, 5.74) is 2.85. The second kappa shape index (κ2) is 6.39. The third-order valence-electron chi connectivity index (χ3n) is 3.90. The molecule has 0 spiro atoms. The lowest BCUT2D eigenvalue weighted by molar-refractivity contribution is 0.101. The van der Waals surface area contributed by atoms with Crippen molar-refractivity contribution in [3.63, 3.8) is 0 Å². The Morgan fingerprint density at radius 1 is 1.21 bits per heavy atom. The fourth-order valence-electron chi connectivity index (χ4n) is 2.55. The predicted molar refractivity (Wildman–Crippen MR) is 96.1 cm³/mol. The molecule has 1 heterocycles. The number of amides is 1. The Bertz CT molecular complexity index is 964. The summed E-state index contributed by atoms with van der Waals surface area (Å²) in [5.74, 6) is -0.278. The molecular formula is C17H15ClN2O3S. The van der Waals surface area contributed by atoms with Gasteiger partial charge in [-0.3, -0.25) is 4.79 Å². The minimum atomic E-state index is -2.04. The van der Waals surface area contributed by atoms with Crippen molar-refractivity contribution in [1.82, 2.24) is 4.57 Å². The summed E-state index contributed by atoms with van der Waals surface area (Å²) in [5, 5.41) is 4.24. The molecule has 124 valence electrons. The number of hydrogen-bond donors (Lipinski definition) is 2. The topological polar surface area (TPSA) is 71.3 Å². The van der Waals surface area contributed by atoms with Crippen LogP contribution in [0, 0.1) is 6.92 Å². The van der Waals surface area contributed by atoms with Crippen LogP contribution < -0.4 is 5.32 Å². The van der Waals surface area contributed by atoms with Gasteiger partial charge in [-0.25, -0.2) is 4.21 Å². The molecule has 0 fully saturated rings. The number of carbonyl (C=O) groups excluding carboxylic acids is 1. The van der Waals surface area contributed by atoms with E-state index < -0.39 is 11.1 Å². The van der Waals surface area contributed by atoms with E-state index in [-0.39, 0.29) is 10.8 Å². The molecular weight excluding hydrogens is 348 g/mol. The van der Waals surface area contributed by atoms with Crippen LogP contribution >= 0.6 is 11.6 Å². The maximum atomic E-state index is 12.5. The zero-order valence-electron chi connectivity index (χ0n) is 13.0. The van der Waals surface area contributed by atoms with Gasteiger partial charge in [0.05, 0.1) is 9.92 Å². The van der Waals surface area contributed by atoms with Crippen molar-refractivity contribution in [1.29, 1.82) is 0 Å². The number of fused-ring (bicyclic) bond motifs is 1. The zero-order chi connectivity index (χ0) is 17.4. The molecule has 2 aromatic carbocycles. The van der Waals surface area contributed by atoms with E-state index in [1.807, 2.05) is 19.1 Å². The molecule has 0 saturated carbocycles. The highest BCUT2D eigenvalue weighted by atomic mass is 35.5. The molecule has 1 aromatic heterocycles. The summed E-state index contributed by atoms with van der Waals surface area (Å²) >= 11 is 4.29. The van der Waals surface area contributed by atoms with Crippen LogP contribution in [0.25, 0.3) is 10.9 Å². The molecule has 2 N–H and O–H groups in total. The largest absolute Gasteiger partial charge is 0.340 e. The normalized spacial score (nSPS) is 12.3. The lowest BCUT2D eigenvalue weighted by atomic mass is 10.2. The molecule has 0 saturated heterocycles. The molecule has 0 aliphatic heterocycles. The number of benzene rings is 2. The first-order chi connectivity index (χ1) is 11.4. The number of aryl methyl sites for hydroxylation is 2. The summed E-state index contributed by atoms with van der Waals surface area (Å²) in [7, 11) is 1.81.